The molecule has 0 aliphatic carbocycles. The van der Waals surface area contributed by atoms with E-state index in [2.05, 4.69) is 20.9 Å². The van der Waals surface area contributed by atoms with Crippen molar-refractivity contribution in [3.63, 3.8) is 0 Å². The monoisotopic (exact) mass is 593 g/mol. The summed E-state index contributed by atoms with van der Waals surface area (Å²) in [5.41, 5.74) is 7.72. The molecule has 3 N–H and O–H groups in total. The van der Waals surface area contributed by atoms with Crippen LogP contribution in [0.5, 0.6) is 11.5 Å². The van der Waals surface area contributed by atoms with Crippen LogP contribution in [0, 0.1) is 0 Å². The minimum atomic E-state index is -0.425. The summed E-state index contributed by atoms with van der Waals surface area (Å²) in [5.74, 6) is 0.504. The zero-order chi connectivity index (χ0) is 30.9. The van der Waals surface area contributed by atoms with Gasteiger partial charge in [0.15, 0.2) is 0 Å². The quantitative estimate of drug-likeness (QED) is 0.157. The molecule has 0 saturated heterocycles. The minimum absolute atomic E-state index is 0.315. The summed E-state index contributed by atoms with van der Waals surface area (Å²) in [6.07, 6.45) is 3.59. The number of amides is 2. The summed E-state index contributed by atoms with van der Waals surface area (Å²) >= 11 is 0. The average Bonchev–Trinajstić information content (AvgIpc) is 3.36. The molecular formula is C36H27N5O4. The first-order valence-electron chi connectivity index (χ1n) is 14.2. The highest BCUT2D eigenvalue weighted by Gasteiger charge is 2.28. The lowest BCUT2D eigenvalue weighted by Crippen LogP contribution is -2.19. The van der Waals surface area contributed by atoms with Crippen molar-refractivity contribution >= 4 is 45.5 Å². The molecule has 0 fully saturated rings. The predicted molar refractivity (Wildman–Crippen MR) is 175 cm³/mol. The Morgan fingerprint density at radius 3 is 2.13 bits per heavy atom. The fourth-order valence-electron chi connectivity index (χ4n) is 5.43. The van der Waals surface area contributed by atoms with E-state index in [0.29, 0.717) is 34.0 Å². The molecular weight excluding hydrogens is 566 g/mol. The summed E-state index contributed by atoms with van der Waals surface area (Å²) in [6, 6.07) is 30.5. The van der Waals surface area contributed by atoms with E-state index in [1.807, 2.05) is 91.1 Å². The van der Waals surface area contributed by atoms with E-state index in [0.717, 1.165) is 44.7 Å². The molecule has 0 atom stereocenters. The highest BCUT2D eigenvalue weighted by molar-refractivity contribution is 6.22. The maximum Gasteiger partial charge on any atom is 0.259 e. The number of fused-ring (bicyclic) bond motifs is 2. The number of rotatable bonds is 8. The van der Waals surface area contributed by atoms with Crippen molar-refractivity contribution in [2.24, 2.45) is 0 Å². The molecule has 0 radical (unpaired) electrons. The van der Waals surface area contributed by atoms with Gasteiger partial charge in [-0.1, -0.05) is 36.4 Å². The number of benzene rings is 4. The molecule has 220 valence electrons. The number of pyridine rings is 2. The molecule has 9 nitrogen and oxygen atoms in total. The third-order valence-corrected chi connectivity index (χ3v) is 7.68. The summed E-state index contributed by atoms with van der Waals surface area (Å²) in [6.45, 7) is 0. The Labute approximate surface area is 258 Å². The van der Waals surface area contributed by atoms with Gasteiger partial charge in [0, 0.05) is 52.4 Å². The Bertz CT molecular complexity index is 2110. The van der Waals surface area contributed by atoms with E-state index >= 15 is 0 Å². The first kappa shape index (κ1) is 27.6. The van der Waals surface area contributed by atoms with E-state index in [-0.39, 0.29) is 0 Å². The van der Waals surface area contributed by atoms with Crippen molar-refractivity contribution in [2.75, 3.05) is 24.9 Å². The topological polar surface area (TPSA) is 114 Å². The lowest BCUT2D eigenvalue weighted by molar-refractivity contribution is 0.0879. The van der Waals surface area contributed by atoms with Crippen LogP contribution in [-0.2, 0) is 0 Å². The van der Waals surface area contributed by atoms with Crippen LogP contribution >= 0.6 is 0 Å². The molecule has 0 spiro atoms. The fraction of sp³-hybridized carbons (Fsp3) is 0.0556. The van der Waals surface area contributed by atoms with Crippen LogP contribution in [0.1, 0.15) is 20.7 Å². The number of methoxy groups -OCH3 is 2. The van der Waals surface area contributed by atoms with Gasteiger partial charge < -0.3 is 20.1 Å². The van der Waals surface area contributed by atoms with Crippen molar-refractivity contribution < 1.29 is 19.1 Å². The first-order valence-corrected chi connectivity index (χ1v) is 14.2. The van der Waals surface area contributed by atoms with Crippen molar-refractivity contribution in [2.45, 2.75) is 0 Å². The molecule has 9 heteroatoms. The second kappa shape index (κ2) is 11.5. The van der Waals surface area contributed by atoms with Crippen molar-refractivity contribution in [3.05, 3.63) is 121 Å². The average molecular weight is 594 g/mol. The Morgan fingerprint density at radius 2 is 1.38 bits per heavy atom. The Morgan fingerprint density at radius 1 is 0.644 bits per heavy atom. The van der Waals surface area contributed by atoms with Crippen LogP contribution < -0.4 is 25.4 Å². The van der Waals surface area contributed by atoms with Gasteiger partial charge in [0.2, 0.25) is 0 Å². The van der Waals surface area contributed by atoms with Crippen LogP contribution in [0.25, 0.3) is 33.3 Å². The van der Waals surface area contributed by atoms with Crippen LogP contribution in [0.4, 0.5) is 22.7 Å². The van der Waals surface area contributed by atoms with Gasteiger partial charge in [-0.25, -0.2) is 0 Å². The molecule has 45 heavy (non-hydrogen) atoms. The van der Waals surface area contributed by atoms with Crippen LogP contribution in [0.3, 0.4) is 0 Å². The molecule has 4 aromatic carbocycles. The third-order valence-electron chi connectivity index (χ3n) is 7.68. The first-order chi connectivity index (χ1) is 22.0. The highest BCUT2D eigenvalue weighted by Crippen LogP contribution is 2.38. The van der Waals surface area contributed by atoms with E-state index in [4.69, 9.17) is 14.5 Å². The van der Waals surface area contributed by atoms with Crippen molar-refractivity contribution in [1.82, 2.24) is 15.3 Å². The minimum Gasteiger partial charge on any atom is -0.497 e. The van der Waals surface area contributed by atoms with E-state index in [1.54, 1.807) is 32.5 Å². The molecule has 0 bridgehead atoms. The highest BCUT2D eigenvalue weighted by atomic mass is 16.5. The third kappa shape index (κ3) is 5.27. The number of nitrogens with one attached hydrogen (secondary N) is 3. The normalized spacial score (nSPS) is 12.0. The summed E-state index contributed by atoms with van der Waals surface area (Å²) in [5, 5.41) is 10.1. The summed E-state index contributed by atoms with van der Waals surface area (Å²) in [7, 11) is 3.24. The Hall–Kier alpha value is -6.22. The lowest BCUT2D eigenvalue weighted by atomic mass is 10.0. The van der Waals surface area contributed by atoms with Gasteiger partial charge in [0.05, 0.1) is 47.9 Å². The smallest absolute Gasteiger partial charge is 0.259 e. The van der Waals surface area contributed by atoms with Gasteiger partial charge in [-0.15, -0.1) is 0 Å². The number of nitrogens with zero attached hydrogens (tertiary/aromatic N) is 2. The van der Waals surface area contributed by atoms with Gasteiger partial charge in [0.1, 0.15) is 11.5 Å². The molecule has 0 unspecified atom stereocenters. The summed E-state index contributed by atoms with van der Waals surface area (Å²) < 4.78 is 11.0. The largest absolute Gasteiger partial charge is 0.497 e. The van der Waals surface area contributed by atoms with E-state index < -0.39 is 11.8 Å². The fourth-order valence-corrected chi connectivity index (χ4v) is 5.43. The number of carbonyl (C=O) groups excluding carboxylic acids is 2. The van der Waals surface area contributed by atoms with Gasteiger partial charge in [-0.2, -0.15) is 0 Å². The lowest BCUT2D eigenvalue weighted by Gasteiger charge is -2.18. The number of hydrogen-bond donors (Lipinski definition) is 3. The Balaban J connectivity index is 1.27. The van der Waals surface area contributed by atoms with E-state index in [9.17, 15) is 9.59 Å². The molecule has 0 saturated carbocycles. The Kier molecular flexibility index (Phi) is 7.03. The zero-order valence-corrected chi connectivity index (χ0v) is 24.4. The number of anilines is 4. The van der Waals surface area contributed by atoms with Crippen LogP contribution in [0.2, 0.25) is 0 Å². The number of imide groups is 1. The van der Waals surface area contributed by atoms with Gasteiger partial charge in [-0.3, -0.25) is 24.9 Å². The molecule has 6 aromatic rings. The molecule has 1 aliphatic heterocycles. The zero-order valence-electron chi connectivity index (χ0n) is 24.4. The molecule has 1 aliphatic rings. The second-order valence-corrected chi connectivity index (χ2v) is 10.4. The van der Waals surface area contributed by atoms with Crippen LogP contribution in [-0.4, -0.2) is 36.0 Å². The number of carbonyl (C=O) groups is 2. The second-order valence-electron chi connectivity index (χ2n) is 10.4. The molecule has 2 aromatic heterocycles. The predicted octanol–water partition coefficient (Wildman–Crippen LogP) is 7.35. The number of hydrogen-bond acceptors (Lipinski definition) is 8. The molecule has 3 heterocycles. The van der Waals surface area contributed by atoms with Crippen LogP contribution in [0.15, 0.2) is 109 Å². The summed E-state index contributed by atoms with van der Waals surface area (Å²) in [4.78, 5) is 34.4. The maximum absolute atomic E-state index is 12.6. The molecule has 7 rings (SSSR count). The van der Waals surface area contributed by atoms with Gasteiger partial charge >= 0.3 is 0 Å². The van der Waals surface area contributed by atoms with E-state index in [1.165, 1.54) is 0 Å². The SMILES string of the molecule is COc1cc(OC)c2cc(-c3ccnc(-c4ccccc4Nc4cc5c(cc4Nc4ccccc4)C(=O)NC5=O)c3)cnc2c1. The van der Waals surface area contributed by atoms with Gasteiger partial charge in [0.25, 0.3) is 11.8 Å². The number of ether oxygens (including phenoxy) is 2. The molecule has 2 amide bonds. The van der Waals surface area contributed by atoms with Crippen molar-refractivity contribution in [1.29, 1.82) is 0 Å². The van der Waals surface area contributed by atoms with Crippen molar-refractivity contribution in [3.8, 4) is 33.9 Å². The number of aromatic nitrogens is 2. The number of para-hydroxylation sites is 2. The standard InChI is InChI=1S/C36H27N5O4/c1-44-24-16-31-28(34(17-24)45-2)14-22(20-38-31)21-12-13-37-30(15-21)25-10-6-7-11-29(25)40-33-19-27-26(35(42)41-36(27)43)18-32(33)39-23-8-4-3-5-9-23/h3-20,39-40H,1-2H3,(H,41,42,43). The van der Waals surface area contributed by atoms with Gasteiger partial charge in [-0.05, 0) is 54.1 Å². The maximum atomic E-state index is 12.6.